The number of nitrogens with one attached hydrogen (secondary N) is 1. The lowest BCUT2D eigenvalue weighted by Gasteiger charge is -2.18. The van der Waals surface area contributed by atoms with Crippen LogP contribution in [-0.4, -0.2) is 41.6 Å². The minimum atomic E-state index is -0.400. The lowest BCUT2D eigenvalue weighted by molar-refractivity contribution is -0.118. The van der Waals surface area contributed by atoms with Crippen LogP contribution < -0.4 is 25.1 Å². The summed E-state index contributed by atoms with van der Waals surface area (Å²) in [6, 6.07) is 19.5. The van der Waals surface area contributed by atoms with Crippen molar-refractivity contribution in [2.45, 2.75) is 40.5 Å². The van der Waals surface area contributed by atoms with Gasteiger partial charge in [0.1, 0.15) is 10.8 Å². The number of para-hydroxylation sites is 1. The van der Waals surface area contributed by atoms with E-state index in [4.69, 9.17) is 42.4 Å². The van der Waals surface area contributed by atoms with Crippen molar-refractivity contribution in [3.63, 3.8) is 0 Å². The number of amides is 1. The molecule has 49 heavy (non-hydrogen) atoms. The molecule has 0 bridgehead atoms. The predicted molar refractivity (Wildman–Crippen MR) is 200 cm³/mol. The van der Waals surface area contributed by atoms with Crippen molar-refractivity contribution in [2.24, 2.45) is 5.10 Å². The van der Waals surface area contributed by atoms with Crippen molar-refractivity contribution in [1.29, 1.82) is 0 Å². The first-order chi connectivity index (χ1) is 23.5. The van der Waals surface area contributed by atoms with Crippen LogP contribution in [0.4, 0.5) is 5.69 Å². The molecule has 0 fully saturated rings. The van der Waals surface area contributed by atoms with E-state index < -0.39 is 5.91 Å². The Morgan fingerprint density at radius 1 is 1.00 bits per heavy atom. The van der Waals surface area contributed by atoms with E-state index in [1.54, 1.807) is 48.5 Å². The van der Waals surface area contributed by atoms with Crippen LogP contribution in [0.1, 0.15) is 50.3 Å². The van der Waals surface area contributed by atoms with Crippen molar-refractivity contribution in [2.75, 3.05) is 25.1 Å². The number of carbonyl (C=O) groups excluding carboxylic acids is 1. The zero-order valence-corrected chi connectivity index (χ0v) is 30.7. The molecule has 0 atom stereocenters. The molecule has 0 radical (unpaired) electrons. The molecular weight excluding hydrogens is 731 g/mol. The summed E-state index contributed by atoms with van der Waals surface area (Å²) in [6.45, 7) is 10.4. The highest BCUT2D eigenvalue weighted by molar-refractivity contribution is 9.10. The Balaban J connectivity index is 1.55. The molecule has 0 aliphatic rings. The monoisotopic (exact) mass is 764 g/mol. The van der Waals surface area contributed by atoms with E-state index in [9.17, 15) is 9.59 Å². The van der Waals surface area contributed by atoms with Crippen LogP contribution in [0, 0.1) is 6.92 Å². The highest BCUT2D eigenvalue weighted by Crippen LogP contribution is 2.42. The van der Waals surface area contributed by atoms with E-state index >= 15 is 0 Å². The Morgan fingerprint density at radius 3 is 2.39 bits per heavy atom. The van der Waals surface area contributed by atoms with Crippen LogP contribution in [0.5, 0.6) is 17.2 Å². The number of benzene rings is 4. The molecule has 5 rings (SSSR count). The average molecular weight is 767 g/mol. The van der Waals surface area contributed by atoms with Gasteiger partial charge in [-0.3, -0.25) is 9.59 Å². The van der Waals surface area contributed by atoms with E-state index in [0.29, 0.717) is 56.4 Å². The number of aryl methyl sites for hydroxylation is 1. The van der Waals surface area contributed by atoms with Gasteiger partial charge in [0.25, 0.3) is 11.5 Å². The molecule has 0 spiro atoms. The standard InChI is InChI=1S/C37H35BrCl2N4O5/c1-6-47-30-16-22(5)28(18-27(30)21(3)4)36-43-29-11-9-8-10-26(29)37(46)44(36)41-19-23-17-31(48-7-2)35(34(40)33(23)38)49-20-32(45)42-25-14-12-24(39)13-15-25/h8-19,21H,6-7,20H2,1-5H3,(H,42,45). The topological polar surface area (TPSA) is 104 Å². The summed E-state index contributed by atoms with van der Waals surface area (Å²) in [5.41, 5.74) is 3.91. The Bertz CT molecular complexity index is 2100. The second-order valence-corrected chi connectivity index (χ2v) is 12.9. The maximum Gasteiger partial charge on any atom is 0.282 e. The molecule has 0 aliphatic heterocycles. The van der Waals surface area contributed by atoms with E-state index in [-0.39, 0.29) is 28.9 Å². The molecule has 4 aromatic carbocycles. The van der Waals surface area contributed by atoms with Gasteiger partial charge < -0.3 is 19.5 Å². The lowest BCUT2D eigenvalue weighted by atomic mass is 9.96. The first-order valence-corrected chi connectivity index (χ1v) is 17.2. The Hall–Kier alpha value is -4.38. The van der Waals surface area contributed by atoms with E-state index in [2.05, 4.69) is 40.2 Å². The van der Waals surface area contributed by atoms with Crippen molar-refractivity contribution >= 4 is 67.8 Å². The van der Waals surface area contributed by atoms with Crippen molar-refractivity contribution in [1.82, 2.24) is 9.66 Å². The summed E-state index contributed by atoms with van der Waals surface area (Å²) in [5, 5.41) is 8.56. The molecule has 1 amide bonds. The summed E-state index contributed by atoms with van der Waals surface area (Å²) in [4.78, 5) is 31.5. The summed E-state index contributed by atoms with van der Waals surface area (Å²) in [5.74, 6) is 1.40. The van der Waals surface area contributed by atoms with E-state index in [0.717, 1.165) is 22.4 Å². The van der Waals surface area contributed by atoms with Crippen LogP contribution in [0.2, 0.25) is 10.0 Å². The van der Waals surface area contributed by atoms with Gasteiger partial charge in [-0.25, -0.2) is 4.98 Å². The van der Waals surface area contributed by atoms with Crippen LogP contribution in [0.3, 0.4) is 0 Å². The molecule has 5 aromatic rings. The molecule has 0 aliphatic carbocycles. The largest absolute Gasteiger partial charge is 0.494 e. The molecule has 0 unspecified atom stereocenters. The molecular formula is C37H35BrCl2N4O5. The fraction of sp³-hybridized carbons (Fsp3) is 0.243. The molecule has 0 saturated heterocycles. The third kappa shape index (κ3) is 8.09. The minimum absolute atomic E-state index is 0.157. The van der Waals surface area contributed by atoms with Crippen LogP contribution in [-0.2, 0) is 4.79 Å². The first-order valence-electron chi connectivity index (χ1n) is 15.7. The number of hydrogen-bond acceptors (Lipinski definition) is 7. The predicted octanol–water partition coefficient (Wildman–Crippen LogP) is 9.26. The van der Waals surface area contributed by atoms with Gasteiger partial charge >= 0.3 is 0 Å². The highest BCUT2D eigenvalue weighted by Gasteiger charge is 2.21. The smallest absolute Gasteiger partial charge is 0.282 e. The van der Waals surface area contributed by atoms with Crippen molar-refractivity contribution in [3.05, 3.63) is 108 Å². The molecule has 12 heteroatoms. The molecule has 0 saturated carbocycles. The number of ether oxygens (including phenoxy) is 3. The normalized spacial score (nSPS) is 11.4. The lowest BCUT2D eigenvalue weighted by Crippen LogP contribution is -2.21. The van der Waals surface area contributed by atoms with Gasteiger partial charge in [-0.2, -0.15) is 9.78 Å². The minimum Gasteiger partial charge on any atom is -0.494 e. The van der Waals surface area contributed by atoms with Gasteiger partial charge in [-0.1, -0.05) is 49.2 Å². The van der Waals surface area contributed by atoms with E-state index in [1.165, 1.54) is 10.9 Å². The zero-order chi connectivity index (χ0) is 35.2. The van der Waals surface area contributed by atoms with Crippen LogP contribution >= 0.6 is 39.1 Å². The number of hydrogen-bond donors (Lipinski definition) is 1. The Kier molecular flexibility index (Phi) is 11.6. The molecule has 254 valence electrons. The molecule has 1 N–H and O–H groups in total. The molecule has 1 aromatic heterocycles. The maximum absolute atomic E-state index is 14.0. The van der Waals surface area contributed by atoms with Gasteiger partial charge in [0, 0.05) is 26.3 Å². The van der Waals surface area contributed by atoms with Crippen molar-refractivity contribution in [3.8, 4) is 28.6 Å². The fourth-order valence-electron chi connectivity index (χ4n) is 5.16. The second kappa shape index (κ2) is 15.9. The number of rotatable bonds is 12. The maximum atomic E-state index is 14.0. The molecule has 1 heterocycles. The SMILES string of the molecule is CCOc1cc(C)c(-c2nc3ccccc3c(=O)n2N=Cc2cc(OCC)c(OCC(=O)Nc3ccc(Cl)cc3)c(Cl)c2Br)cc1C(C)C. The summed E-state index contributed by atoms with van der Waals surface area (Å²) >= 11 is 16.3. The Morgan fingerprint density at radius 2 is 1.69 bits per heavy atom. The summed E-state index contributed by atoms with van der Waals surface area (Å²) < 4.78 is 19.4. The quantitative estimate of drug-likeness (QED) is 0.127. The highest BCUT2D eigenvalue weighted by atomic mass is 79.9. The third-order valence-electron chi connectivity index (χ3n) is 7.52. The fourth-order valence-corrected chi connectivity index (χ4v) is 5.94. The van der Waals surface area contributed by atoms with Crippen LogP contribution in [0.25, 0.3) is 22.3 Å². The van der Waals surface area contributed by atoms with Crippen molar-refractivity contribution < 1.29 is 19.0 Å². The van der Waals surface area contributed by atoms with Gasteiger partial charge in [0.15, 0.2) is 23.9 Å². The van der Waals surface area contributed by atoms with Gasteiger partial charge in [0.05, 0.1) is 30.3 Å². The number of nitrogens with zero attached hydrogens (tertiary/aromatic N) is 3. The van der Waals surface area contributed by atoms with E-state index in [1.807, 2.05) is 39.0 Å². The van der Waals surface area contributed by atoms with Gasteiger partial charge in [-0.05, 0) is 108 Å². The first kappa shape index (κ1) is 35.9. The Labute approximate surface area is 303 Å². The van der Waals surface area contributed by atoms with Gasteiger partial charge in [0.2, 0.25) is 0 Å². The third-order valence-corrected chi connectivity index (χ3v) is 9.21. The second-order valence-electron chi connectivity index (χ2n) is 11.3. The van der Waals surface area contributed by atoms with Crippen LogP contribution in [0.15, 0.2) is 81.1 Å². The average Bonchev–Trinajstić information content (AvgIpc) is 3.07. The number of fused-ring (bicyclic) bond motifs is 1. The van der Waals surface area contributed by atoms with Gasteiger partial charge in [-0.15, -0.1) is 0 Å². The summed E-state index contributed by atoms with van der Waals surface area (Å²) in [7, 11) is 0. The number of anilines is 1. The zero-order valence-electron chi connectivity index (χ0n) is 27.6. The number of carbonyl (C=O) groups is 1. The number of aromatic nitrogens is 2. The summed E-state index contributed by atoms with van der Waals surface area (Å²) in [6.07, 6.45) is 1.50. The number of halogens is 3. The molecule has 9 nitrogen and oxygen atoms in total.